The van der Waals surface area contributed by atoms with Crippen molar-refractivity contribution in [1.29, 1.82) is 0 Å². The van der Waals surface area contributed by atoms with Gasteiger partial charge in [0, 0.05) is 9.76 Å². The number of hydrogen-bond acceptors (Lipinski definition) is 2. The fraction of sp³-hybridized carbons (Fsp3) is 0.364. The molecule has 0 spiro atoms. The maximum Gasteiger partial charge on any atom is 0.338 e. The summed E-state index contributed by atoms with van der Waals surface area (Å²) in [5.74, 6) is -0.237. The molecular weight excluding hydrogens is 371 g/mol. The average Bonchev–Trinajstić information content (AvgIpc) is 2.28. The van der Waals surface area contributed by atoms with Crippen LogP contribution in [0.15, 0.2) is 18.2 Å². The number of ether oxygens (including phenoxy) is 1. The SMILES string of the molecule is CCOC(=O)c1cc(CI)ccc1CBr. The molecule has 0 atom stereocenters. The second kappa shape index (κ2) is 6.48. The quantitative estimate of drug-likeness (QED) is 0.451. The Bertz CT molecular complexity index is 352. The first-order valence-corrected chi connectivity index (χ1v) is 7.28. The summed E-state index contributed by atoms with van der Waals surface area (Å²) in [7, 11) is 0. The van der Waals surface area contributed by atoms with E-state index in [-0.39, 0.29) is 5.97 Å². The standard InChI is InChI=1S/C11H12BrIO2/c1-2-15-11(14)10-5-8(7-13)3-4-9(10)6-12/h3-5H,2,6-7H2,1H3. The average molecular weight is 383 g/mol. The number of hydrogen-bond donors (Lipinski definition) is 0. The second-order valence-electron chi connectivity index (χ2n) is 2.98. The monoisotopic (exact) mass is 382 g/mol. The maximum absolute atomic E-state index is 11.6. The zero-order chi connectivity index (χ0) is 11.3. The molecule has 0 aliphatic rings. The van der Waals surface area contributed by atoms with Crippen molar-refractivity contribution in [2.24, 2.45) is 0 Å². The molecule has 0 amide bonds. The molecule has 0 radical (unpaired) electrons. The maximum atomic E-state index is 11.6. The molecular formula is C11H12BrIO2. The molecule has 82 valence electrons. The lowest BCUT2D eigenvalue weighted by Gasteiger charge is -2.08. The third-order valence-electron chi connectivity index (χ3n) is 1.97. The summed E-state index contributed by atoms with van der Waals surface area (Å²) in [5.41, 5.74) is 2.79. The number of carbonyl (C=O) groups excluding carboxylic acids is 1. The Balaban J connectivity index is 3.05. The lowest BCUT2D eigenvalue weighted by Crippen LogP contribution is -2.08. The van der Waals surface area contributed by atoms with E-state index in [9.17, 15) is 4.79 Å². The molecule has 0 heterocycles. The lowest BCUT2D eigenvalue weighted by atomic mass is 10.1. The molecule has 0 fully saturated rings. The molecule has 0 N–H and O–H groups in total. The molecule has 0 saturated carbocycles. The van der Waals surface area contributed by atoms with Crippen molar-refractivity contribution in [2.45, 2.75) is 16.7 Å². The van der Waals surface area contributed by atoms with Crippen molar-refractivity contribution in [3.63, 3.8) is 0 Å². The van der Waals surface area contributed by atoms with Crippen LogP contribution in [0.1, 0.15) is 28.4 Å². The van der Waals surface area contributed by atoms with E-state index in [0.717, 1.165) is 15.6 Å². The topological polar surface area (TPSA) is 26.3 Å². The minimum Gasteiger partial charge on any atom is -0.462 e. The highest BCUT2D eigenvalue weighted by Crippen LogP contribution is 2.18. The van der Waals surface area contributed by atoms with E-state index in [1.165, 1.54) is 0 Å². The van der Waals surface area contributed by atoms with Crippen molar-refractivity contribution >= 4 is 44.5 Å². The molecule has 15 heavy (non-hydrogen) atoms. The molecule has 0 aromatic heterocycles. The van der Waals surface area contributed by atoms with Crippen molar-refractivity contribution in [1.82, 2.24) is 0 Å². The lowest BCUT2D eigenvalue weighted by molar-refractivity contribution is 0.0525. The van der Waals surface area contributed by atoms with Gasteiger partial charge in [0.05, 0.1) is 12.2 Å². The molecule has 0 bridgehead atoms. The number of rotatable bonds is 4. The highest BCUT2D eigenvalue weighted by Gasteiger charge is 2.12. The highest BCUT2D eigenvalue weighted by atomic mass is 127. The first kappa shape index (κ1) is 13.0. The van der Waals surface area contributed by atoms with E-state index >= 15 is 0 Å². The smallest absolute Gasteiger partial charge is 0.338 e. The Hall–Kier alpha value is -0.100. The summed E-state index contributed by atoms with van der Waals surface area (Å²) in [6.07, 6.45) is 0. The van der Waals surface area contributed by atoms with Crippen LogP contribution in [0.4, 0.5) is 0 Å². The van der Waals surface area contributed by atoms with E-state index in [4.69, 9.17) is 4.74 Å². The van der Waals surface area contributed by atoms with Gasteiger partial charge in [-0.25, -0.2) is 4.79 Å². The van der Waals surface area contributed by atoms with Crippen molar-refractivity contribution < 1.29 is 9.53 Å². The Morgan fingerprint density at radius 3 is 2.80 bits per heavy atom. The van der Waals surface area contributed by atoms with Gasteiger partial charge in [0.1, 0.15) is 0 Å². The zero-order valence-corrected chi connectivity index (χ0v) is 12.2. The summed E-state index contributed by atoms with van der Waals surface area (Å²) < 4.78 is 5.90. The Kier molecular flexibility index (Phi) is 5.60. The van der Waals surface area contributed by atoms with Crippen LogP contribution in [0.25, 0.3) is 0 Å². The van der Waals surface area contributed by atoms with Gasteiger partial charge in [-0.3, -0.25) is 0 Å². The normalized spacial score (nSPS) is 10.1. The van der Waals surface area contributed by atoms with Crippen LogP contribution in [0.5, 0.6) is 0 Å². The van der Waals surface area contributed by atoms with E-state index < -0.39 is 0 Å². The van der Waals surface area contributed by atoms with Gasteiger partial charge in [0.25, 0.3) is 0 Å². The molecule has 1 aromatic rings. The molecule has 0 unspecified atom stereocenters. The van der Waals surface area contributed by atoms with Crippen molar-refractivity contribution in [3.8, 4) is 0 Å². The van der Waals surface area contributed by atoms with Crippen LogP contribution in [0.2, 0.25) is 0 Å². The van der Waals surface area contributed by atoms with Crippen LogP contribution in [-0.2, 0) is 14.5 Å². The number of halogens is 2. The largest absolute Gasteiger partial charge is 0.462 e. The third kappa shape index (κ3) is 3.45. The molecule has 0 aliphatic carbocycles. The summed E-state index contributed by atoms with van der Waals surface area (Å²) in [4.78, 5) is 11.6. The van der Waals surface area contributed by atoms with Gasteiger partial charge in [0.15, 0.2) is 0 Å². The van der Waals surface area contributed by atoms with Gasteiger partial charge in [-0.1, -0.05) is 50.7 Å². The van der Waals surface area contributed by atoms with Crippen LogP contribution in [0, 0.1) is 0 Å². The van der Waals surface area contributed by atoms with Crippen LogP contribution < -0.4 is 0 Å². The first-order valence-electron chi connectivity index (χ1n) is 4.63. The molecule has 0 saturated heterocycles. The van der Waals surface area contributed by atoms with E-state index in [0.29, 0.717) is 17.5 Å². The zero-order valence-electron chi connectivity index (χ0n) is 8.43. The van der Waals surface area contributed by atoms with Crippen molar-refractivity contribution in [2.75, 3.05) is 6.61 Å². The Morgan fingerprint density at radius 1 is 1.53 bits per heavy atom. The van der Waals surface area contributed by atoms with Crippen LogP contribution >= 0.6 is 38.5 Å². The van der Waals surface area contributed by atoms with Gasteiger partial charge >= 0.3 is 5.97 Å². The van der Waals surface area contributed by atoms with Crippen LogP contribution in [0.3, 0.4) is 0 Å². The number of carbonyl (C=O) groups is 1. The fourth-order valence-corrected chi connectivity index (χ4v) is 2.19. The summed E-state index contributed by atoms with van der Waals surface area (Å²) >= 11 is 5.64. The van der Waals surface area contributed by atoms with Gasteiger partial charge in [-0.15, -0.1) is 0 Å². The molecule has 0 aliphatic heterocycles. The summed E-state index contributed by atoms with van der Waals surface area (Å²) in [6, 6.07) is 5.90. The first-order chi connectivity index (χ1) is 7.22. The highest BCUT2D eigenvalue weighted by molar-refractivity contribution is 14.1. The number of benzene rings is 1. The third-order valence-corrected chi connectivity index (χ3v) is 3.45. The van der Waals surface area contributed by atoms with E-state index in [1.54, 1.807) is 0 Å². The minimum atomic E-state index is -0.237. The number of esters is 1. The molecule has 1 rings (SSSR count). The Labute approximate surface area is 112 Å². The van der Waals surface area contributed by atoms with Crippen LogP contribution in [-0.4, -0.2) is 12.6 Å². The number of alkyl halides is 2. The van der Waals surface area contributed by atoms with Gasteiger partial charge in [-0.2, -0.15) is 0 Å². The molecule has 1 aromatic carbocycles. The predicted octanol–water partition coefficient (Wildman–Crippen LogP) is 3.69. The minimum absolute atomic E-state index is 0.237. The predicted molar refractivity (Wildman–Crippen MR) is 72.8 cm³/mol. The summed E-state index contributed by atoms with van der Waals surface area (Å²) in [6.45, 7) is 2.23. The van der Waals surface area contributed by atoms with Gasteiger partial charge in [-0.05, 0) is 24.1 Å². The Morgan fingerprint density at radius 2 is 2.27 bits per heavy atom. The fourth-order valence-electron chi connectivity index (χ4n) is 1.22. The van der Waals surface area contributed by atoms with E-state index in [2.05, 4.69) is 38.5 Å². The van der Waals surface area contributed by atoms with Gasteiger partial charge in [0.2, 0.25) is 0 Å². The summed E-state index contributed by atoms with van der Waals surface area (Å²) in [5, 5.41) is 0.669. The molecule has 4 heteroatoms. The van der Waals surface area contributed by atoms with Gasteiger partial charge < -0.3 is 4.74 Å². The molecule has 2 nitrogen and oxygen atoms in total. The van der Waals surface area contributed by atoms with E-state index in [1.807, 2.05) is 25.1 Å². The van der Waals surface area contributed by atoms with Crippen molar-refractivity contribution in [3.05, 3.63) is 34.9 Å². The second-order valence-corrected chi connectivity index (χ2v) is 4.30.